The summed E-state index contributed by atoms with van der Waals surface area (Å²) >= 11 is 6.61. The van der Waals surface area contributed by atoms with E-state index in [-0.39, 0.29) is 0 Å². The minimum absolute atomic E-state index is 0.501. The van der Waals surface area contributed by atoms with Gasteiger partial charge in [0.05, 0.1) is 0 Å². The van der Waals surface area contributed by atoms with Gasteiger partial charge in [-0.2, -0.15) is 12.6 Å². The van der Waals surface area contributed by atoms with Gasteiger partial charge in [0.2, 0.25) is 0 Å². The van der Waals surface area contributed by atoms with E-state index >= 15 is 0 Å². The van der Waals surface area contributed by atoms with Crippen LogP contribution in [0.5, 0.6) is 0 Å². The van der Waals surface area contributed by atoms with Crippen LogP contribution in [0, 0.1) is 5.41 Å². The van der Waals surface area contributed by atoms with Crippen molar-refractivity contribution in [2.75, 3.05) is 12.3 Å². The van der Waals surface area contributed by atoms with E-state index in [0.29, 0.717) is 5.41 Å². The molecule has 3 rings (SSSR count). The standard InChI is InChI=1S/C16H25NS2/c18-13-16(8-2-1-3-9-16)12-17(14-6-7-14)11-15-5-4-10-19-15/h4-5,10,14,18H,1-3,6-9,11-13H2. The van der Waals surface area contributed by atoms with Crippen LogP contribution < -0.4 is 0 Å². The van der Waals surface area contributed by atoms with Crippen molar-refractivity contribution in [3.63, 3.8) is 0 Å². The molecule has 0 N–H and O–H groups in total. The summed E-state index contributed by atoms with van der Waals surface area (Å²) in [4.78, 5) is 4.28. The maximum Gasteiger partial charge on any atom is 0.0331 e. The lowest BCUT2D eigenvalue weighted by Gasteiger charge is -2.40. The Morgan fingerprint density at radius 3 is 2.63 bits per heavy atom. The predicted molar refractivity (Wildman–Crippen MR) is 87.1 cm³/mol. The summed E-state index contributed by atoms with van der Waals surface area (Å²) in [6.45, 7) is 2.44. The Balaban J connectivity index is 1.66. The Morgan fingerprint density at radius 2 is 2.05 bits per heavy atom. The zero-order valence-electron chi connectivity index (χ0n) is 11.7. The van der Waals surface area contributed by atoms with Gasteiger partial charge in [-0.05, 0) is 48.3 Å². The summed E-state index contributed by atoms with van der Waals surface area (Å²) < 4.78 is 0. The molecule has 1 nitrogen and oxygen atoms in total. The first-order valence-corrected chi connectivity index (χ1v) is 9.20. The maximum absolute atomic E-state index is 4.70. The third-order valence-corrected chi connectivity index (χ3v) is 6.32. The monoisotopic (exact) mass is 295 g/mol. The summed E-state index contributed by atoms with van der Waals surface area (Å²) in [5, 5.41) is 2.20. The number of thiophene rings is 1. The highest BCUT2D eigenvalue weighted by Gasteiger charge is 2.37. The van der Waals surface area contributed by atoms with Crippen molar-refractivity contribution in [1.29, 1.82) is 0 Å². The molecule has 0 unspecified atom stereocenters. The van der Waals surface area contributed by atoms with Gasteiger partial charge in [-0.3, -0.25) is 4.90 Å². The van der Waals surface area contributed by atoms with Crippen LogP contribution in [0.25, 0.3) is 0 Å². The summed E-state index contributed by atoms with van der Waals surface area (Å²) in [6, 6.07) is 5.33. The highest BCUT2D eigenvalue weighted by atomic mass is 32.1. The van der Waals surface area contributed by atoms with Gasteiger partial charge in [-0.1, -0.05) is 25.3 Å². The fourth-order valence-corrected chi connectivity index (χ4v) is 4.60. The van der Waals surface area contributed by atoms with E-state index in [9.17, 15) is 0 Å². The molecule has 0 bridgehead atoms. The molecule has 0 aliphatic heterocycles. The second-order valence-corrected chi connectivity index (χ2v) is 7.78. The summed E-state index contributed by atoms with van der Waals surface area (Å²) in [5.41, 5.74) is 0.501. The van der Waals surface area contributed by atoms with Crippen LogP contribution in [0.2, 0.25) is 0 Å². The van der Waals surface area contributed by atoms with Gasteiger partial charge < -0.3 is 0 Å². The van der Waals surface area contributed by atoms with Gasteiger partial charge in [0.25, 0.3) is 0 Å². The van der Waals surface area contributed by atoms with Crippen molar-refractivity contribution in [3.8, 4) is 0 Å². The Hall–Kier alpha value is 0.01000. The minimum Gasteiger partial charge on any atom is -0.295 e. The van der Waals surface area contributed by atoms with Gasteiger partial charge in [-0.25, -0.2) is 0 Å². The van der Waals surface area contributed by atoms with Crippen LogP contribution in [0.4, 0.5) is 0 Å². The van der Waals surface area contributed by atoms with E-state index in [0.717, 1.165) is 18.3 Å². The van der Waals surface area contributed by atoms with Crippen LogP contribution in [-0.2, 0) is 6.54 Å². The molecule has 0 saturated heterocycles. The van der Waals surface area contributed by atoms with E-state index in [1.165, 1.54) is 56.4 Å². The highest BCUT2D eigenvalue weighted by Crippen LogP contribution is 2.41. The number of thiol groups is 1. The Labute approximate surface area is 126 Å². The van der Waals surface area contributed by atoms with Gasteiger partial charge >= 0.3 is 0 Å². The smallest absolute Gasteiger partial charge is 0.0331 e. The van der Waals surface area contributed by atoms with Crippen LogP contribution in [0.15, 0.2) is 17.5 Å². The van der Waals surface area contributed by atoms with E-state index < -0.39 is 0 Å². The molecule has 2 fully saturated rings. The van der Waals surface area contributed by atoms with Crippen LogP contribution in [0.1, 0.15) is 49.8 Å². The lowest BCUT2D eigenvalue weighted by molar-refractivity contribution is 0.115. The average Bonchev–Trinajstić information content (AvgIpc) is 3.18. The maximum atomic E-state index is 4.70. The third kappa shape index (κ3) is 3.56. The fourth-order valence-electron chi connectivity index (χ4n) is 3.46. The molecular weight excluding hydrogens is 270 g/mol. The lowest BCUT2D eigenvalue weighted by atomic mass is 9.75. The quantitative estimate of drug-likeness (QED) is 0.751. The Bertz CT molecular complexity index is 377. The number of hydrogen-bond donors (Lipinski definition) is 1. The number of nitrogens with zero attached hydrogens (tertiary/aromatic N) is 1. The topological polar surface area (TPSA) is 3.24 Å². The number of rotatable bonds is 6. The molecule has 0 spiro atoms. The third-order valence-electron chi connectivity index (χ3n) is 4.79. The Kier molecular flexibility index (Phi) is 4.55. The van der Waals surface area contributed by atoms with E-state index in [1.807, 2.05) is 11.3 Å². The molecular formula is C16H25NS2. The van der Waals surface area contributed by atoms with Crippen LogP contribution in [-0.4, -0.2) is 23.2 Å². The van der Waals surface area contributed by atoms with Crippen LogP contribution >= 0.6 is 24.0 Å². The lowest BCUT2D eigenvalue weighted by Crippen LogP contribution is -2.41. The minimum atomic E-state index is 0.501. The van der Waals surface area contributed by atoms with E-state index in [1.54, 1.807) is 0 Å². The molecule has 1 aromatic rings. The first-order valence-electron chi connectivity index (χ1n) is 7.69. The molecule has 0 amide bonds. The molecule has 19 heavy (non-hydrogen) atoms. The molecule has 1 heterocycles. The van der Waals surface area contributed by atoms with E-state index in [2.05, 4.69) is 22.4 Å². The average molecular weight is 296 g/mol. The van der Waals surface area contributed by atoms with Crippen molar-refractivity contribution in [1.82, 2.24) is 4.90 Å². The molecule has 0 aromatic carbocycles. The largest absolute Gasteiger partial charge is 0.295 e. The fraction of sp³-hybridized carbons (Fsp3) is 0.750. The van der Waals surface area contributed by atoms with Crippen molar-refractivity contribution in [3.05, 3.63) is 22.4 Å². The number of hydrogen-bond acceptors (Lipinski definition) is 3. The molecule has 0 radical (unpaired) electrons. The molecule has 1 aromatic heterocycles. The predicted octanol–water partition coefficient (Wildman–Crippen LogP) is 4.59. The molecule has 2 saturated carbocycles. The van der Waals surface area contributed by atoms with Gasteiger partial charge in [0.1, 0.15) is 0 Å². The first kappa shape index (κ1) is 14.0. The van der Waals surface area contributed by atoms with Crippen molar-refractivity contribution in [2.24, 2.45) is 5.41 Å². The second kappa shape index (κ2) is 6.19. The van der Waals surface area contributed by atoms with Crippen molar-refractivity contribution in [2.45, 2.75) is 57.5 Å². The van der Waals surface area contributed by atoms with Gasteiger partial charge in [0, 0.05) is 24.0 Å². The van der Waals surface area contributed by atoms with Gasteiger partial charge in [0.15, 0.2) is 0 Å². The highest BCUT2D eigenvalue weighted by molar-refractivity contribution is 7.80. The molecule has 0 atom stereocenters. The van der Waals surface area contributed by atoms with E-state index in [4.69, 9.17) is 12.6 Å². The molecule has 106 valence electrons. The summed E-state index contributed by atoms with van der Waals surface area (Å²) in [6.07, 6.45) is 9.87. The molecule has 3 heteroatoms. The molecule has 2 aliphatic carbocycles. The summed E-state index contributed by atoms with van der Waals surface area (Å²) in [5.74, 6) is 1.07. The zero-order valence-corrected chi connectivity index (χ0v) is 13.4. The SMILES string of the molecule is SCC1(CN(Cc2cccs2)C2CC2)CCCCC1. The van der Waals surface area contributed by atoms with Gasteiger partial charge in [-0.15, -0.1) is 11.3 Å². The zero-order chi connectivity index (χ0) is 13.1. The van der Waals surface area contributed by atoms with Crippen molar-refractivity contribution >= 4 is 24.0 Å². The van der Waals surface area contributed by atoms with Crippen molar-refractivity contribution < 1.29 is 0 Å². The second-order valence-electron chi connectivity index (χ2n) is 6.43. The summed E-state index contributed by atoms with van der Waals surface area (Å²) in [7, 11) is 0. The normalized spacial score (nSPS) is 22.8. The Morgan fingerprint density at radius 1 is 1.26 bits per heavy atom. The van der Waals surface area contributed by atoms with Crippen LogP contribution in [0.3, 0.4) is 0 Å². The first-order chi connectivity index (χ1) is 9.31. The molecule has 2 aliphatic rings.